The highest BCUT2D eigenvalue weighted by Gasteiger charge is 2.35. The fraction of sp³-hybridized carbons (Fsp3) is 0.471. The standard InChI is InChI=1S/C17H21NO2/c1-12(19)20-17-9-10-18(2)16(17)11-14-8-7-13-5-3-4-6-15(13)14/h3-6,8,16-17H,7,9-11H2,1-2H3/t16-,17-/m1/s1. The van der Waals surface area contributed by atoms with Gasteiger partial charge in [0, 0.05) is 13.5 Å². The second-order valence-corrected chi connectivity index (χ2v) is 5.78. The van der Waals surface area contributed by atoms with Gasteiger partial charge >= 0.3 is 5.97 Å². The molecule has 1 heterocycles. The molecule has 2 aliphatic rings. The summed E-state index contributed by atoms with van der Waals surface area (Å²) in [4.78, 5) is 13.5. The summed E-state index contributed by atoms with van der Waals surface area (Å²) in [5.41, 5.74) is 4.18. The van der Waals surface area contributed by atoms with Crippen molar-refractivity contribution in [3.8, 4) is 0 Å². The molecule has 0 N–H and O–H groups in total. The molecule has 1 saturated heterocycles. The third-order valence-corrected chi connectivity index (χ3v) is 4.44. The number of allylic oxidation sites excluding steroid dienone is 1. The summed E-state index contributed by atoms with van der Waals surface area (Å²) < 4.78 is 5.48. The smallest absolute Gasteiger partial charge is 0.302 e. The minimum Gasteiger partial charge on any atom is -0.461 e. The molecule has 0 radical (unpaired) electrons. The normalized spacial score (nSPS) is 25.4. The van der Waals surface area contributed by atoms with E-state index >= 15 is 0 Å². The summed E-state index contributed by atoms with van der Waals surface area (Å²) in [7, 11) is 2.12. The Morgan fingerprint density at radius 1 is 1.40 bits per heavy atom. The van der Waals surface area contributed by atoms with Gasteiger partial charge in [0.05, 0.1) is 6.04 Å². The Bertz CT molecular complexity index is 550. The molecule has 3 nitrogen and oxygen atoms in total. The van der Waals surface area contributed by atoms with Crippen LogP contribution in [-0.4, -0.2) is 36.6 Å². The predicted molar refractivity (Wildman–Crippen MR) is 79.3 cm³/mol. The van der Waals surface area contributed by atoms with Crippen molar-refractivity contribution in [2.45, 2.75) is 38.3 Å². The maximum Gasteiger partial charge on any atom is 0.302 e. The van der Waals surface area contributed by atoms with Gasteiger partial charge in [-0.05, 0) is 43.0 Å². The lowest BCUT2D eigenvalue weighted by molar-refractivity contribution is -0.147. The van der Waals surface area contributed by atoms with E-state index in [2.05, 4.69) is 42.3 Å². The molecule has 2 atom stereocenters. The van der Waals surface area contributed by atoms with Gasteiger partial charge in [-0.1, -0.05) is 30.3 Å². The monoisotopic (exact) mass is 271 g/mol. The first kappa shape index (κ1) is 13.4. The molecule has 1 aliphatic carbocycles. The molecule has 0 saturated carbocycles. The number of benzene rings is 1. The highest BCUT2D eigenvalue weighted by atomic mass is 16.5. The fourth-order valence-corrected chi connectivity index (χ4v) is 3.38. The lowest BCUT2D eigenvalue weighted by Crippen LogP contribution is -2.34. The zero-order valence-corrected chi connectivity index (χ0v) is 12.1. The minimum absolute atomic E-state index is 0.0335. The van der Waals surface area contributed by atoms with Gasteiger partial charge in [-0.2, -0.15) is 0 Å². The molecule has 0 aromatic heterocycles. The Morgan fingerprint density at radius 3 is 3.00 bits per heavy atom. The molecule has 20 heavy (non-hydrogen) atoms. The van der Waals surface area contributed by atoms with Crippen molar-refractivity contribution in [3.05, 3.63) is 41.5 Å². The SMILES string of the molecule is CC(=O)O[C@@H]1CCN(C)[C@@H]1CC1=CCc2ccccc21. The van der Waals surface area contributed by atoms with E-state index in [0.29, 0.717) is 6.04 Å². The molecule has 0 bridgehead atoms. The van der Waals surface area contributed by atoms with E-state index in [-0.39, 0.29) is 12.1 Å². The van der Waals surface area contributed by atoms with Gasteiger partial charge in [-0.25, -0.2) is 0 Å². The van der Waals surface area contributed by atoms with E-state index in [4.69, 9.17) is 4.74 Å². The second-order valence-electron chi connectivity index (χ2n) is 5.78. The van der Waals surface area contributed by atoms with Crippen LogP contribution in [0.15, 0.2) is 30.3 Å². The van der Waals surface area contributed by atoms with E-state index in [1.807, 2.05) is 0 Å². The number of ether oxygens (including phenoxy) is 1. The third kappa shape index (κ3) is 2.50. The average molecular weight is 271 g/mol. The van der Waals surface area contributed by atoms with E-state index in [1.54, 1.807) is 0 Å². The molecule has 0 spiro atoms. The van der Waals surface area contributed by atoms with Gasteiger partial charge < -0.3 is 4.74 Å². The number of nitrogens with zero attached hydrogens (tertiary/aromatic N) is 1. The number of likely N-dealkylation sites (N-methyl/N-ethyl adjacent to an activating group) is 1. The number of rotatable bonds is 3. The van der Waals surface area contributed by atoms with Gasteiger partial charge in [-0.3, -0.25) is 9.69 Å². The van der Waals surface area contributed by atoms with Crippen LogP contribution < -0.4 is 0 Å². The molecule has 1 aromatic carbocycles. The summed E-state index contributed by atoms with van der Waals surface area (Å²) in [6.45, 7) is 2.50. The van der Waals surface area contributed by atoms with Gasteiger partial charge in [0.25, 0.3) is 0 Å². The van der Waals surface area contributed by atoms with Crippen molar-refractivity contribution in [3.63, 3.8) is 0 Å². The fourth-order valence-electron chi connectivity index (χ4n) is 3.38. The molecule has 0 unspecified atom stereocenters. The number of esters is 1. The van der Waals surface area contributed by atoms with E-state index in [1.165, 1.54) is 23.6 Å². The summed E-state index contributed by atoms with van der Waals surface area (Å²) in [6, 6.07) is 8.89. The van der Waals surface area contributed by atoms with E-state index in [9.17, 15) is 4.79 Å². The second kappa shape index (κ2) is 5.41. The molecule has 1 aliphatic heterocycles. The van der Waals surface area contributed by atoms with Crippen LogP contribution in [0.3, 0.4) is 0 Å². The third-order valence-electron chi connectivity index (χ3n) is 4.44. The van der Waals surface area contributed by atoms with Crippen LogP contribution in [-0.2, 0) is 16.0 Å². The zero-order chi connectivity index (χ0) is 14.1. The van der Waals surface area contributed by atoms with Gasteiger partial charge in [0.1, 0.15) is 6.10 Å². The van der Waals surface area contributed by atoms with Crippen LogP contribution >= 0.6 is 0 Å². The van der Waals surface area contributed by atoms with Gasteiger partial charge in [-0.15, -0.1) is 0 Å². The molecule has 106 valence electrons. The summed E-state index contributed by atoms with van der Waals surface area (Å²) in [5.74, 6) is -0.170. The first-order valence-electron chi connectivity index (χ1n) is 7.30. The first-order valence-corrected chi connectivity index (χ1v) is 7.30. The Hall–Kier alpha value is -1.61. The van der Waals surface area contributed by atoms with Crippen molar-refractivity contribution in [2.75, 3.05) is 13.6 Å². The van der Waals surface area contributed by atoms with E-state index < -0.39 is 0 Å². The molecule has 0 amide bonds. The van der Waals surface area contributed by atoms with E-state index in [0.717, 1.165) is 25.8 Å². The Morgan fingerprint density at radius 2 is 2.20 bits per heavy atom. The predicted octanol–water partition coefficient (Wildman–Crippen LogP) is 2.65. The van der Waals surface area contributed by atoms with Crippen LogP contribution in [0.2, 0.25) is 0 Å². The Labute approximate surface area is 120 Å². The lowest BCUT2D eigenvalue weighted by Gasteiger charge is -2.25. The molecule has 1 aromatic rings. The maximum absolute atomic E-state index is 11.2. The quantitative estimate of drug-likeness (QED) is 0.792. The number of hydrogen-bond acceptors (Lipinski definition) is 3. The molecule has 3 heteroatoms. The molecular formula is C17H21NO2. The molecule has 1 fully saturated rings. The highest BCUT2D eigenvalue weighted by molar-refractivity contribution is 5.73. The number of fused-ring (bicyclic) bond motifs is 1. The van der Waals surface area contributed by atoms with Crippen molar-refractivity contribution in [2.24, 2.45) is 0 Å². The van der Waals surface area contributed by atoms with Crippen LogP contribution in [0.4, 0.5) is 0 Å². The van der Waals surface area contributed by atoms with Gasteiger partial charge in [0.15, 0.2) is 0 Å². The number of hydrogen-bond donors (Lipinski definition) is 0. The lowest BCUT2D eigenvalue weighted by atomic mass is 9.97. The first-order chi connectivity index (χ1) is 9.65. The van der Waals surface area contributed by atoms with Crippen LogP contribution in [0.5, 0.6) is 0 Å². The summed E-state index contributed by atoms with van der Waals surface area (Å²) >= 11 is 0. The topological polar surface area (TPSA) is 29.5 Å². The van der Waals surface area contributed by atoms with Crippen LogP contribution in [0, 0.1) is 0 Å². The van der Waals surface area contributed by atoms with Gasteiger partial charge in [0.2, 0.25) is 0 Å². The summed E-state index contributed by atoms with van der Waals surface area (Å²) in [5, 5.41) is 0. The van der Waals surface area contributed by atoms with Crippen molar-refractivity contribution in [1.29, 1.82) is 0 Å². The zero-order valence-electron chi connectivity index (χ0n) is 12.1. The number of carbonyl (C=O) groups excluding carboxylic acids is 1. The minimum atomic E-state index is -0.170. The summed E-state index contributed by atoms with van der Waals surface area (Å²) in [6.07, 6.45) is 5.29. The van der Waals surface area contributed by atoms with Crippen molar-refractivity contribution >= 4 is 11.5 Å². The van der Waals surface area contributed by atoms with Crippen LogP contribution in [0.25, 0.3) is 5.57 Å². The van der Waals surface area contributed by atoms with Crippen molar-refractivity contribution in [1.82, 2.24) is 4.90 Å². The Balaban J connectivity index is 1.75. The van der Waals surface area contributed by atoms with Crippen molar-refractivity contribution < 1.29 is 9.53 Å². The van der Waals surface area contributed by atoms with Crippen LogP contribution in [0.1, 0.15) is 30.9 Å². The maximum atomic E-state index is 11.2. The molecule has 3 rings (SSSR count). The molecular weight excluding hydrogens is 250 g/mol. The highest BCUT2D eigenvalue weighted by Crippen LogP contribution is 2.34. The number of carbonyl (C=O) groups is 1. The largest absolute Gasteiger partial charge is 0.461 e. The number of likely N-dealkylation sites (tertiary alicyclic amines) is 1. The average Bonchev–Trinajstić information content (AvgIpc) is 2.97. The Kier molecular flexibility index (Phi) is 3.62.